The smallest absolute Gasteiger partial charge is 0.239 e. The molecule has 33 heavy (non-hydrogen) atoms. The highest BCUT2D eigenvalue weighted by molar-refractivity contribution is 7.89. The molecule has 0 aliphatic carbocycles. The second-order valence-corrected chi connectivity index (χ2v) is 8.74. The molecule has 0 bridgehead atoms. The van der Waals surface area contributed by atoms with Crippen molar-refractivity contribution in [1.82, 2.24) is 29.5 Å². The molecular weight excluding hydrogens is 440 g/mol. The molecule has 1 aromatic carbocycles. The highest BCUT2D eigenvalue weighted by Gasteiger charge is 2.17. The molecular formula is C22H18N8O2S. The Morgan fingerprint density at radius 1 is 1.00 bits per heavy atom. The summed E-state index contributed by atoms with van der Waals surface area (Å²) in [5.74, 6) is 0.851. The van der Waals surface area contributed by atoms with Crippen molar-refractivity contribution in [2.75, 3.05) is 5.32 Å². The predicted molar refractivity (Wildman–Crippen MR) is 122 cm³/mol. The zero-order chi connectivity index (χ0) is 22.8. The van der Waals surface area contributed by atoms with Gasteiger partial charge in [-0.15, -0.1) is 5.10 Å². The largest absolute Gasteiger partial charge is 0.363 e. The number of rotatable bonds is 6. The Morgan fingerprint density at radius 3 is 2.61 bits per heavy atom. The fraction of sp³-hybridized carbons (Fsp3) is 0.0455. The summed E-state index contributed by atoms with van der Waals surface area (Å²) >= 11 is 0. The van der Waals surface area contributed by atoms with Gasteiger partial charge in [-0.1, -0.05) is 30.3 Å². The fourth-order valence-corrected chi connectivity index (χ4v) is 3.91. The molecule has 0 unspecified atom stereocenters. The Bertz CT molecular complexity index is 1540. The van der Waals surface area contributed by atoms with Crippen molar-refractivity contribution in [2.24, 2.45) is 5.14 Å². The molecule has 0 saturated carbocycles. The molecule has 0 amide bonds. The lowest BCUT2D eigenvalue weighted by Crippen LogP contribution is -2.13. The number of nitrogens with zero attached hydrogens (tertiary/aromatic N) is 6. The SMILES string of the molecule is NS(=O)(=O)c1cncc(-c2nc(NCc3ccncn3)c3c(-c4ccccc4)ccn3n2)c1. The van der Waals surface area contributed by atoms with Crippen LogP contribution in [0.4, 0.5) is 5.82 Å². The van der Waals surface area contributed by atoms with Gasteiger partial charge in [-0.3, -0.25) is 4.98 Å². The molecule has 0 aliphatic heterocycles. The highest BCUT2D eigenvalue weighted by atomic mass is 32.2. The van der Waals surface area contributed by atoms with Crippen molar-refractivity contribution < 1.29 is 8.42 Å². The summed E-state index contributed by atoms with van der Waals surface area (Å²) in [5, 5.41) is 13.2. The van der Waals surface area contributed by atoms with E-state index in [1.54, 1.807) is 10.7 Å². The maximum absolute atomic E-state index is 11.8. The van der Waals surface area contributed by atoms with Crippen molar-refractivity contribution >= 4 is 21.4 Å². The molecule has 10 nitrogen and oxygen atoms in total. The van der Waals surface area contributed by atoms with Gasteiger partial charge in [-0.25, -0.2) is 33.0 Å². The van der Waals surface area contributed by atoms with Gasteiger partial charge in [0.1, 0.15) is 16.7 Å². The Morgan fingerprint density at radius 2 is 1.85 bits per heavy atom. The first-order valence-electron chi connectivity index (χ1n) is 9.91. The van der Waals surface area contributed by atoms with Crippen LogP contribution < -0.4 is 10.5 Å². The van der Waals surface area contributed by atoms with Crippen molar-refractivity contribution in [3.8, 4) is 22.5 Å². The van der Waals surface area contributed by atoms with E-state index in [4.69, 9.17) is 10.1 Å². The van der Waals surface area contributed by atoms with Gasteiger partial charge in [0.15, 0.2) is 11.6 Å². The molecule has 5 rings (SSSR count). The van der Waals surface area contributed by atoms with Gasteiger partial charge in [-0.05, 0) is 23.8 Å². The van der Waals surface area contributed by atoms with Crippen LogP contribution in [0.15, 0.2) is 84.5 Å². The van der Waals surface area contributed by atoms with Gasteiger partial charge < -0.3 is 5.32 Å². The lowest BCUT2D eigenvalue weighted by molar-refractivity contribution is 0.597. The third-order valence-corrected chi connectivity index (χ3v) is 5.86. The van der Waals surface area contributed by atoms with Gasteiger partial charge in [0.2, 0.25) is 10.0 Å². The molecule has 4 heterocycles. The van der Waals surface area contributed by atoms with E-state index in [1.807, 2.05) is 48.7 Å². The zero-order valence-corrected chi connectivity index (χ0v) is 18.0. The van der Waals surface area contributed by atoms with E-state index in [1.165, 1.54) is 24.8 Å². The summed E-state index contributed by atoms with van der Waals surface area (Å²) in [6, 6.07) is 15.1. The van der Waals surface area contributed by atoms with E-state index < -0.39 is 10.0 Å². The van der Waals surface area contributed by atoms with Crippen LogP contribution in [0.5, 0.6) is 0 Å². The summed E-state index contributed by atoms with van der Waals surface area (Å²) in [7, 11) is -3.92. The van der Waals surface area contributed by atoms with Crippen LogP contribution in [0.25, 0.3) is 28.0 Å². The number of sulfonamides is 1. The lowest BCUT2D eigenvalue weighted by Gasteiger charge is -2.11. The van der Waals surface area contributed by atoms with Crippen LogP contribution >= 0.6 is 0 Å². The highest BCUT2D eigenvalue weighted by Crippen LogP contribution is 2.31. The van der Waals surface area contributed by atoms with E-state index in [2.05, 4.69) is 25.4 Å². The number of primary sulfonamides is 1. The maximum Gasteiger partial charge on any atom is 0.239 e. The molecule has 0 spiro atoms. The number of anilines is 1. The maximum atomic E-state index is 11.8. The molecule has 0 radical (unpaired) electrons. The van der Waals surface area contributed by atoms with Crippen LogP contribution in [-0.4, -0.2) is 38.0 Å². The quantitative estimate of drug-likeness (QED) is 0.395. The number of pyridine rings is 1. The summed E-state index contributed by atoms with van der Waals surface area (Å²) in [5.41, 5.74) is 3.94. The first-order valence-corrected chi connectivity index (χ1v) is 11.5. The van der Waals surface area contributed by atoms with Crippen molar-refractivity contribution in [3.63, 3.8) is 0 Å². The number of aromatic nitrogens is 6. The first-order chi connectivity index (χ1) is 16.0. The normalized spacial score (nSPS) is 11.5. The van der Waals surface area contributed by atoms with Crippen LogP contribution in [0, 0.1) is 0 Å². The number of benzene rings is 1. The van der Waals surface area contributed by atoms with E-state index in [9.17, 15) is 8.42 Å². The molecule has 0 aliphatic rings. The monoisotopic (exact) mass is 458 g/mol. The predicted octanol–water partition coefficient (Wildman–Crippen LogP) is 2.51. The second kappa shape index (κ2) is 8.37. The van der Waals surface area contributed by atoms with E-state index in [0.717, 1.165) is 22.3 Å². The molecule has 0 fully saturated rings. The fourth-order valence-electron chi connectivity index (χ4n) is 3.41. The van der Waals surface area contributed by atoms with Crippen molar-refractivity contribution in [1.29, 1.82) is 0 Å². The zero-order valence-electron chi connectivity index (χ0n) is 17.2. The van der Waals surface area contributed by atoms with Crippen molar-refractivity contribution in [2.45, 2.75) is 11.4 Å². The lowest BCUT2D eigenvalue weighted by atomic mass is 10.1. The van der Waals surface area contributed by atoms with Crippen molar-refractivity contribution in [3.05, 3.63) is 85.3 Å². The molecule has 0 atom stereocenters. The van der Waals surface area contributed by atoms with E-state index in [-0.39, 0.29) is 4.90 Å². The minimum Gasteiger partial charge on any atom is -0.363 e. The van der Waals surface area contributed by atoms with Gasteiger partial charge in [0, 0.05) is 35.9 Å². The number of fused-ring (bicyclic) bond motifs is 1. The Hall–Kier alpha value is -4.22. The van der Waals surface area contributed by atoms with E-state index >= 15 is 0 Å². The minimum atomic E-state index is -3.92. The van der Waals surface area contributed by atoms with Gasteiger partial charge in [-0.2, -0.15) is 0 Å². The molecule has 5 aromatic rings. The van der Waals surface area contributed by atoms with Gasteiger partial charge in [0.05, 0.1) is 12.2 Å². The number of nitrogens with one attached hydrogen (secondary N) is 1. The Labute approximate surface area is 189 Å². The Balaban J connectivity index is 1.65. The third kappa shape index (κ3) is 4.27. The molecule has 3 N–H and O–H groups in total. The number of hydrogen-bond donors (Lipinski definition) is 2. The minimum absolute atomic E-state index is 0.114. The summed E-state index contributed by atoms with van der Waals surface area (Å²) < 4.78 is 25.3. The standard InChI is InChI=1S/C22H18N8O2S/c23-33(31,32)18-10-16(11-25-13-18)21-28-22(26-12-17-6-8-24-14-27-17)20-19(7-9-30(20)29-21)15-4-2-1-3-5-15/h1-11,13-14H,12H2,(H2,23,31,32)(H,26,28,29). The van der Waals surface area contributed by atoms with Gasteiger partial charge >= 0.3 is 0 Å². The van der Waals surface area contributed by atoms with Gasteiger partial charge in [0.25, 0.3) is 0 Å². The van der Waals surface area contributed by atoms with Crippen LogP contribution in [0.1, 0.15) is 5.69 Å². The van der Waals surface area contributed by atoms with Crippen LogP contribution in [0.2, 0.25) is 0 Å². The summed E-state index contributed by atoms with van der Waals surface area (Å²) in [4.78, 5) is 16.8. The summed E-state index contributed by atoms with van der Waals surface area (Å²) in [6.45, 7) is 0.406. The van der Waals surface area contributed by atoms with E-state index in [0.29, 0.717) is 23.8 Å². The molecule has 164 valence electrons. The number of nitrogens with two attached hydrogens (primary N) is 1. The second-order valence-electron chi connectivity index (χ2n) is 7.18. The summed E-state index contributed by atoms with van der Waals surface area (Å²) in [6.07, 6.45) is 7.66. The van der Waals surface area contributed by atoms with Crippen LogP contribution in [-0.2, 0) is 16.6 Å². The van der Waals surface area contributed by atoms with Crippen LogP contribution in [0.3, 0.4) is 0 Å². The average Bonchev–Trinajstić information content (AvgIpc) is 3.28. The molecule has 4 aromatic heterocycles. The number of hydrogen-bond acceptors (Lipinski definition) is 8. The first kappa shape index (κ1) is 20.7. The average molecular weight is 459 g/mol. The Kier molecular flexibility index (Phi) is 5.24. The molecule has 0 saturated heterocycles. The topological polar surface area (TPSA) is 141 Å². The third-order valence-electron chi connectivity index (χ3n) is 4.98. The molecule has 11 heteroatoms.